The number of amides is 2. The molecule has 1 fully saturated rings. The molecule has 0 radical (unpaired) electrons. The zero-order valence-electron chi connectivity index (χ0n) is 18.0. The first-order valence-electron chi connectivity index (χ1n) is 10.5. The summed E-state index contributed by atoms with van der Waals surface area (Å²) in [7, 11) is 0. The quantitative estimate of drug-likeness (QED) is 0.580. The number of carbonyl (C=O) groups excluding carboxylic acids is 3. The van der Waals surface area contributed by atoms with Gasteiger partial charge >= 0.3 is 5.97 Å². The summed E-state index contributed by atoms with van der Waals surface area (Å²) < 4.78 is 21.1. The van der Waals surface area contributed by atoms with E-state index in [9.17, 15) is 14.4 Å². The molecular weight excluding hydrogens is 430 g/mol. The standard InChI is InChI=1S/C23H25N3O7/c24-21(27)13-30-18-4-2-17(3-5-18)23(29)31-14-22(28)26-9-7-25(8-10-26)12-16-1-6-19-20(11-16)33-15-32-19/h1-6,11H,7-10,12-15H2,(H2,24,27). The summed E-state index contributed by atoms with van der Waals surface area (Å²) in [5, 5.41) is 0. The van der Waals surface area contributed by atoms with Crippen molar-refractivity contribution in [3.05, 3.63) is 53.6 Å². The van der Waals surface area contributed by atoms with E-state index in [0.29, 0.717) is 18.8 Å². The molecule has 0 aromatic heterocycles. The van der Waals surface area contributed by atoms with Crippen LogP contribution in [0.1, 0.15) is 15.9 Å². The molecule has 2 aromatic carbocycles. The molecule has 2 N–H and O–H groups in total. The van der Waals surface area contributed by atoms with Crippen LogP contribution in [0, 0.1) is 0 Å². The van der Waals surface area contributed by atoms with Crippen LogP contribution >= 0.6 is 0 Å². The highest BCUT2D eigenvalue weighted by Gasteiger charge is 2.23. The normalized spacial score (nSPS) is 15.2. The Morgan fingerprint density at radius 3 is 2.36 bits per heavy atom. The van der Waals surface area contributed by atoms with E-state index in [1.165, 1.54) is 24.3 Å². The van der Waals surface area contributed by atoms with Crippen LogP contribution in [0.15, 0.2) is 42.5 Å². The van der Waals surface area contributed by atoms with Crippen LogP contribution in [-0.2, 0) is 20.9 Å². The largest absolute Gasteiger partial charge is 0.484 e. The van der Waals surface area contributed by atoms with E-state index in [4.69, 9.17) is 24.7 Å². The number of rotatable bonds is 8. The van der Waals surface area contributed by atoms with Crippen molar-refractivity contribution in [2.24, 2.45) is 5.73 Å². The fourth-order valence-electron chi connectivity index (χ4n) is 3.60. The number of carbonyl (C=O) groups is 3. The third-order valence-corrected chi connectivity index (χ3v) is 5.37. The van der Waals surface area contributed by atoms with Gasteiger partial charge in [0.25, 0.3) is 11.8 Å². The van der Waals surface area contributed by atoms with Crippen LogP contribution in [0.5, 0.6) is 17.2 Å². The Labute approximate surface area is 190 Å². The molecule has 0 spiro atoms. The molecule has 174 valence electrons. The maximum Gasteiger partial charge on any atom is 0.338 e. The van der Waals surface area contributed by atoms with Gasteiger partial charge in [-0.05, 0) is 42.0 Å². The maximum absolute atomic E-state index is 12.5. The van der Waals surface area contributed by atoms with Crippen LogP contribution < -0.4 is 19.9 Å². The van der Waals surface area contributed by atoms with Crippen molar-refractivity contribution in [3.8, 4) is 17.2 Å². The topological polar surface area (TPSA) is 121 Å². The molecule has 2 aromatic rings. The predicted octanol–water partition coefficient (Wildman–Crippen LogP) is 0.781. The van der Waals surface area contributed by atoms with Gasteiger partial charge in [-0.25, -0.2) is 4.79 Å². The average Bonchev–Trinajstić information content (AvgIpc) is 3.30. The number of nitrogens with two attached hydrogens (primary N) is 1. The summed E-state index contributed by atoms with van der Waals surface area (Å²) in [6.07, 6.45) is 0. The van der Waals surface area contributed by atoms with Crippen molar-refractivity contribution >= 4 is 17.8 Å². The molecule has 1 saturated heterocycles. The first-order valence-corrected chi connectivity index (χ1v) is 10.5. The number of hydrogen-bond acceptors (Lipinski definition) is 8. The van der Waals surface area contributed by atoms with Crippen molar-refractivity contribution in [1.29, 1.82) is 0 Å². The van der Waals surface area contributed by atoms with Crippen molar-refractivity contribution in [2.45, 2.75) is 6.54 Å². The number of esters is 1. The molecule has 0 unspecified atom stereocenters. The number of primary amides is 1. The summed E-state index contributed by atoms with van der Waals surface area (Å²) in [4.78, 5) is 39.4. The lowest BCUT2D eigenvalue weighted by atomic mass is 10.1. The second-order valence-electron chi connectivity index (χ2n) is 7.70. The fourth-order valence-corrected chi connectivity index (χ4v) is 3.60. The van der Waals surface area contributed by atoms with Crippen LogP contribution in [0.2, 0.25) is 0 Å². The van der Waals surface area contributed by atoms with Crippen LogP contribution in [0.3, 0.4) is 0 Å². The predicted molar refractivity (Wildman–Crippen MR) is 116 cm³/mol. The lowest BCUT2D eigenvalue weighted by Crippen LogP contribution is -2.49. The first kappa shape index (κ1) is 22.4. The van der Waals surface area contributed by atoms with E-state index in [-0.39, 0.29) is 31.5 Å². The van der Waals surface area contributed by atoms with Crippen LogP contribution in [-0.4, -0.2) is 73.8 Å². The second kappa shape index (κ2) is 10.2. The third-order valence-electron chi connectivity index (χ3n) is 5.37. The highest BCUT2D eigenvalue weighted by Crippen LogP contribution is 2.32. The number of piperazine rings is 1. The van der Waals surface area contributed by atoms with Crippen molar-refractivity contribution in [2.75, 3.05) is 46.2 Å². The first-order chi connectivity index (χ1) is 16.0. The summed E-state index contributed by atoms with van der Waals surface area (Å²) in [5.74, 6) is 0.497. The highest BCUT2D eigenvalue weighted by atomic mass is 16.7. The van der Waals surface area contributed by atoms with Crippen molar-refractivity contribution in [1.82, 2.24) is 9.80 Å². The van der Waals surface area contributed by atoms with Gasteiger partial charge in [0, 0.05) is 32.7 Å². The van der Waals surface area contributed by atoms with Gasteiger partial charge in [-0.15, -0.1) is 0 Å². The zero-order valence-corrected chi connectivity index (χ0v) is 18.0. The van der Waals surface area contributed by atoms with E-state index in [2.05, 4.69) is 4.90 Å². The monoisotopic (exact) mass is 455 g/mol. The van der Waals surface area contributed by atoms with Gasteiger partial charge in [-0.3, -0.25) is 14.5 Å². The molecule has 2 aliphatic rings. The third kappa shape index (κ3) is 5.92. The van der Waals surface area contributed by atoms with Crippen molar-refractivity contribution in [3.63, 3.8) is 0 Å². The number of ether oxygens (including phenoxy) is 4. The maximum atomic E-state index is 12.5. The minimum absolute atomic E-state index is 0.229. The van der Waals surface area contributed by atoms with Gasteiger partial charge in [0.05, 0.1) is 5.56 Å². The zero-order chi connectivity index (χ0) is 23.2. The lowest BCUT2D eigenvalue weighted by molar-refractivity contribution is -0.136. The van der Waals surface area contributed by atoms with Gasteiger partial charge in [-0.1, -0.05) is 6.07 Å². The highest BCUT2D eigenvalue weighted by molar-refractivity contribution is 5.91. The number of fused-ring (bicyclic) bond motifs is 1. The Kier molecular flexibility index (Phi) is 6.94. The van der Waals surface area contributed by atoms with E-state index in [1.54, 1.807) is 4.90 Å². The Bertz CT molecular complexity index is 1020. The van der Waals surface area contributed by atoms with E-state index >= 15 is 0 Å². The minimum Gasteiger partial charge on any atom is -0.484 e. The van der Waals surface area contributed by atoms with E-state index in [1.807, 2.05) is 18.2 Å². The summed E-state index contributed by atoms with van der Waals surface area (Å²) in [5.41, 5.74) is 6.43. The van der Waals surface area contributed by atoms with Crippen molar-refractivity contribution < 1.29 is 33.3 Å². The van der Waals surface area contributed by atoms with Gasteiger partial charge in [0.2, 0.25) is 6.79 Å². The molecule has 2 heterocycles. The Hall–Kier alpha value is -3.79. The Morgan fingerprint density at radius 1 is 0.909 bits per heavy atom. The Morgan fingerprint density at radius 2 is 1.64 bits per heavy atom. The number of nitrogens with zero attached hydrogens (tertiary/aromatic N) is 2. The lowest BCUT2D eigenvalue weighted by Gasteiger charge is -2.34. The molecule has 10 heteroatoms. The van der Waals surface area contributed by atoms with Crippen LogP contribution in [0.25, 0.3) is 0 Å². The number of benzene rings is 2. The summed E-state index contributed by atoms with van der Waals surface area (Å²) in [6, 6.07) is 12.0. The molecule has 0 saturated carbocycles. The average molecular weight is 455 g/mol. The smallest absolute Gasteiger partial charge is 0.338 e. The second-order valence-corrected chi connectivity index (χ2v) is 7.70. The molecule has 0 aliphatic carbocycles. The summed E-state index contributed by atoms with van der Waals surface area (Å²) >= 11 is 0. The number of hydrogen-bond donors (Lipinski definition) is 1. The molecule has 33 heavy (non-hydrogen) atoms. The van der Waals surface area contributed by atoms with Gasteiger partial charge in [-0.2, -0.15) is 0 Å². The fraction of sp³-hybridized carbons (Fsp3) is 0.348. The van der Waals surface area contributed by atoms with Crippen LogP contribution in [0.4, 0.5) is 0 Å². The molecule has 2 aliphatic heterocycles. The van der Waals surface area contributed by atoms with E-state index in [0.717, 1.165) is 36.7 Å². The molecule has 0 atom stereocenters. The SMILES string of the molecule is NC(=O)COc1ccc(C(=O)OCC(=O)N2CCN(Cc3ccc4c(c3)OCO4)CC2)cc1. The summed E-state index contributed by atoms with van der Waals surface area (Å²) in [6.45, 7) is 3.01. The molecule has 2 amide bonds. The molecule has 10 nitrogen and oxygen atoms in total. The minimum atomic E-state index is -0.605. The Balaban J connectivity index is 1.19. The van der Waals surface area contributed by atoms with Gasteiger partial charge in [0.15, 0.2) is 24.7 Å². The molecule has 0 bridgehead atoms. The van der Waals surface area contributed by atoms with Gasteiger partial charge in [0.1, 0.15) is 5.75 Å². The van der Waals surface area contributed by atoms with Gasteiger partial charge < -0.3 is 29.6 Å². The molecular formula is C23H25N3O7. The molecule has 4 rings (SSSR count). The van der Waals surface area contributed by atoms with E-state index < -0.39 is 11.9 Å².